The van der Waals surface area contributed by atoms with E-state index in [1.54, 1.807) is 19.2 Å². The zero-order valence-corrected chi connectivity index (χ0v) is 12.0. The SMILES string of the molecule is COc1cc(C)c(C)cc1CCNC(=O)c1ccco1. The van der Waals surface area contributed by atoms with E-state index < -0.39 is 0 Å². The first-order chi connectivity index (χ1) is 9.61. The maximum Gasteiger partial charge on any atom is 0.286 e. The number of hydrogen-bond acceptors (Lipinski definition) is 3. The summed E-state index contributed by atoms with van der Waals surface area (Å²) in [6, 6.07) is 7.47. The lowest BCUT2D eigenvalue weighted by atomic mass is 10.0. The van der Waals surface area contributed by atoms with Crippen LogP contribution in [0.5, 0.6) is 5.75 Å². The van der Waals surface area contributed by atoms with Gasteiger partial charge in [-0.05, 0) is 55.2 Å². The van der Waals surface area contributed by atoms with Crippen molar-refractivity contribution in [2.24, 2.45) is 0 Å². The molecule has 0 aliphatic heterocycles. The van der Waals surface area contributed by atoms with Crippen LogP contribution in [0, 0.1) is 13.8 Å². The summed E-state index contributed by atoms with van der Waals surface area (Å²) in [5, 5.41) is 2.83. The van der Waals surface area contributed by atoms with E-state index in [2.05, 4.69) is 25.2 Å². The molecule has 1 heterocycles. The number of ether oxygens (including phenoxy) is 1. The van der Waals surface area contributed by atoms with E-state index in [0.717, 1.165) is 17.7 Å². The summed E-state index contributed by atoms with van der Waals surface area (Å²) in [5.41, 5.74) is 3.51. The summed E-state index contributed by atoms with van der Waals surface area (Å²) in [6.45, 7) is 4.67. The molecule has 0 spiro atoms. The lowest BCUT2D eigenvalue weighted by Gasteiger charge is -2.12. The average Bonchev–Trinajstić information content (AvgIpc) is 2.96. The summed E-state index contributed by atoms with van der Waals surface area (Å²) < 4.78 is 10.4. The zero-order chi connectivity index (χ0) is 14.5. The number of furan rings is 1. The topological polar surface area (TPSA) is 51.5 Å². The van der Waals surface area contributed by atoms with Crippen molar-refractivity contribution in [2.45, 2.75) is 20.3 Å². The number of hydrogen-bond donors (Lipinski definition) is 1. The highest BCUT2D eigenvalue weighted by molar-refractivity contribution is 5.91. The Balaban J connectivity index is 1.97. The second-order valence-electron chi connectivity index (χ2n) is 4.73. The van der Waals surface area contributed by atoms with E-state index >= 15 is 0 Å². The lowest BCUT2D eigenvalue weighted by Crippen LogP contribution is -2.25. The highest BCUT2D eigenvalue weighted by Gasteiger charge is 2.09. The fraction of sp³-hybridized carbons (Fsp3) is 0.312. The van der Waals surface area contributed by atoms with Crippen molar-refractivity contribution in [3.8, 4) is 5.75 Å². The summed E-state index contributed by atoms with van der Waals surface area (Å²) in [7, 11) is 1.66. The Morgan fingerprint density at radius 3 is 2.70 bits per heavy atom. The van der Waals surface area contributed by atoms with Gasteiger partial charge >= 0.3 is 0 Å². The molecule has 4 heteroatoms. The number of carbonyl (C=O) groups is 1. The van der Waals surface area contributed by atoms with Crippen molar-refractivity contribution in [3.05, 3.63) is 53.0 Å². The van der Waals surface area contributed by atoms with Crippen LogP contribution >= 0.6 is 0 Å². The lowest BCUT2D eigenvalue weighted by molar-refractivity contribution is 0.0926. The van der Waals surface area contributed by atoms with Crippen molar-refractivity contribution in [1.29, 1.82) is 0 Å². The number of methoxy groups -OCH3 is 1. The van der Waals surface area contributed by atoms with Crippen LogP contribution < -0.4 is 10.1 Å². The second-order valence-corrected chi connectivity index (χ2v) is 4.73. The Labute approximate surface area is 118 Å². The number of carbonyl (C=O) groups excluding carboxylic acids is 1. The molecule has 2 rings (SSSR count). The molecule has 1 aromatic heterocycles. The van der Waals surface area contributed by atoms with E-state index in [9.17, 15) is 4.79 Å². The third-order valence-electron chi connectivity index (χ3n) is 3.32. The zero-order valence-electron chi connectivity index (χ0n) is 12.0. The predicted molar refractivity (Wildman–Crippen MR) is 77.2 cm³/mol. The summed E-state index contributed by atoms with van der Waals surface area (Å²) in [5.74, 6) is 0.996. The van der Waals surface area contributed by atoms with Crippen LogP contribution in [0.15, 0.2) is 34.9 Å². The van der Waals surface area contributed by atoms with Crippen LogP contribution in [-0.2, 0) is 6.42 Å². The standard InChI is InChI=1S/C16H19NO3/c1-11-9-13(15(19-3)10-12(11)2)6-7-17-16(18)14-5-4-8-20-14/h4-5,8-10H,6-7H2,1-3H3,(H,17,18). The van der Waals surface area contributed by atoms with Crippen LogP contribution in [0.2, 0.25) is 0 Å². The normalized spacial score (nSPS) is 10.3. The molecule has 106 valence electrons. The molecule has 4 nitrogen and oxygen atoms in total. The van der Waals surface area contributed by atoms with Crippen LogP contribution in [0.3, 0.4) is 0 Å². The maximum absolute atomic E-state index is 11.7. The molecular weight excluding hydrogens is 254 g/mol. The van der Waals surface area contributed by atoms with Gasteiger partial charge in [-0.1, -0.05) is 6.07 Å². The van der Waals surface area contributed by atoms with Crippen molar-refractivity contribution >= 4 is 5.91 Å². The van der Waals surface area contributed by atoms with E-state index in [0.29, 0.717) is 12.3 Å². The summed E-state index contributed by atoms with van der Waals surface area (Å²) in [4.78, 5) is 11.7. The number of benzene rings is 1. The maximum atomic E-state index is 11.7. The first kappa shape index (κ1) is 14.2. The molecule has 0 saturated heterocycles. The Morgan fingerprint density at radius 2 is 2.05 bits per heavy atom. The van der Waals surface area contributed by atoms with Crippen LogP contribution in [0.1, 0.15) is 27.2 Å². The minimum absolute atomic E-state index is 0.196. The van der Waals surface area contributed by atoms with Gasteiger partial charge in [-0.2, -0.15) is 0 Å². The third-order valence-corrected chi connectivity index (χ3v) is 3.32. The van der Waals surface area contributed by atoms with Crippen LogP contribution in [0.4, 0.5) is 0 Å². The first-order valence-electron chi connectivity index (χ1n) is 6.57. The molecule has 0 bridgehead atoms. The summed E-state index contributed by atoms with van der Waals surface area (Å²) in [6.07, 6.45) is 2.21. The fourth-order valence-corrected chi connectivity index (χ4v) is 2.04. The van der Waals surface area contributed by atoms with Crippen LogP contribution in [-0.4, -0.2) is 19.6 Å². The third kappa shape index (κ3) is 3.20. The Bertz CT molecular complexity index is 588. The van der Waals surface area contributed by atoms with Gasteiger partial charge < -0.3 is 14.5 Å². The van der Waals surface area contributed by atoms with Gasteiger partial charge in [-0.25, -0.2) is 0 Å². The van der Waals surface area contributed by atoms with Gasteiger partial charge in [0.25, 0.3) is 5.91 Å². The predicted octanol–water partition coefficient (Wildman–Crippen LogP) is 2.88. The van der Waals surface area contributed by atoms with E-state index in [1.807, 2.05) is 6.07 Å². The molecule has 1 aromatic carbocycles. The van der Waals surface area contributed by atoms with Crippen molar-refractivity contribution in [3.63, 3.8) is 0 Å². The Morgan fingerprint density at radius 1 is 1.30 bits per heavy atom. The summed E-state index contributed by atoms with van der Waals surface area (Å²) >= 11 is 0. The number of rotatable bonds is 5. The number of amides is 1. The smallest absolute Gasteiger partial charge is 0.286 e. The molecule has 0 fully saturated rings. The molecule has 0 unspecified atom stereocenters. The molecule has 0 aliphatic rings. The highest BCUT2D eigenvalue weighted by atomic mass is 16.5. The Kier molecular flexibility index (Phi) is 4.45. The highest BCUT2D eigenvalue weighted by Crippen LogP contribution is 2.23. The first-order valence-corrected chi connectivity index (χ1v) is 6.57. The quantitative estimate of drug-likeness (QED) is 0.911. The van der Waals surface area contributed by atoms with Gasteiger partial charge in [-0.3, -0.25) is 4.79 Å². The van der Waals surface area contributed by atoms with Crippen LogP contribution in [0.25, 0.3) is 0 Å². The number of aryl methyl sites for hydroxylation is 2. The fourth-order valence-electron chi connectivity index (χ4n) is 2.04. The molecular formula is C16H19NO3. The monoisotopic (exact) mass is 273 g/mol. The van der Waals surface area contributed by atoms with Gasteiger partial charge in [0.05, 0.1) is 13.4 Å². The van der Waals surface area contributed by atoms with Gasteiger partial charge in [-0.15, -0.1) is 0 Å². The van der Waals surface area contributed by atoms with Gasteiger partial charge in [0, 0.05) is 6.54 Å². The van der Waals surface area contributed by atoms with Gasteiger partial charge in [0.15, 0.2) is 5.76 Å². The molecule has 1 N–H and O–H groups in total. The molecule has 0 aliphatic carbocycles. The molecule has 0 atom stereocenters. The largest absolute Gasteiger partial charge is 0.496 e. The molecule has 20 heavy (non-hydrogen) atoms. The van der Waals surface area contributed by atoms with Gasteiger partial charge in [0.1, 0.15) is 5.75 Å². The second kappa shape index (κ2) is 6.28. The molecule has 0 radical (unpaired) electrons. The van der Waals surface area contributed by atoms with Crippen molar-refractivity contribution in [1.82, 2.24) is 5.32 Å². The number of nitrogens with one attached hydrogen (secondary N) is 1. The van der Waals surface area contributed by atoms with Crippen molar-refractivity contribution in [2.75, 3.05) is 13.7 Å². The minimum Gasteiger partial charge on any atom is -0.496 e. The molecule has 2 aromatic rings. The minimum atomic E-state index is -0.196. The average molecular weight is 273 g/mol. The van der Waals surface area contributed by atoms with Gasteiger partial charge in [0.2, 0.25) is 0 Å². The molecule has 1 amide bonds. The van der Waals surface area contributed by atoms with E-state index in [1.165, 1.54) is 17.4 Å². The molecule has 0 saturated carbocycles. The Hall–Kier alpha value is -2.23. The van der Waals surface area contributed by atoms with E-state index in [-0.39, 0.29) is 5.91 Å². The van der Waals surface area contributed by atoms with Crippen molar-refractivity contribution < 1.29 is 13.9 Å². The van der Waals surface area contributed by atoms with E-state index in [4.69, 9.17) is 9.15 Å².